The summed E-state index contributed by atoms with van der Waals surface area (Å²) in [6.45, 7) is 2.11. The molecule has 2 atom stereocenters. The Balaban J connectivity index is 2.21. The van der Waals surface area contributed by atoms with Gasteiger partial charge in [0.1, 0.15) is 5.75 Å². The number of benzene rings is 1. The second-order valence-electron chi connectivity index (χ2n) is 5.58. The van der Waals surface area contributed by atoms with Crippen LogP contribution in [0.1, 0.15) is 39.0 Å². The van der Waals surface area contributed by atoms with E-state index in [2.05, 4.69) is 11.6 Å². The van der Waals surface area contributed by atoms with Crippen molar-refractivity contribution in [2.24, 2.45) is 5.92 Å². The van der Waals surface area contributed by atoms with Crippen molar-refractivity contribution >= 4 is 15.7 Å². The van der Waals surface area contributed by atoms with Crippen LogP contribution in [0.5, 0.6) is 5.75 Å². The SMILES string of the molecule is CCC1CCCCC1NS(=O)(=O)c1ccc(N)c(OC)c1. The van der Waals surface area contributed by atoms with Gasteiger partial charge in [-0.05, 0) is 30.9 Å². The number of anilines is 1. The maximum atomic E-state index is 12.5. The third-order valence-corrected chi connectivity index (χ3v) is 5.74. The van der Waals surface area contributed by atoms with Crippen molar-refractivity contribution in [3.05, 3.63) is 18.2 Å². The number of nitrogens with two attached hydrogens (primary N) is 1. The standard InChI is InChI=1S/C15H24N2O3S/c1-3-11-6-4-5-7-14(11)17-21(18,19)12-8-9-13(16)15(10-12)20-2/h8-11,14,17H,3-7,16H2,1-2H3. The van der Waals surface area contributed by atoms with Gasteiger partial charge in [-0.3, -0.25) is 0 Å². The average Bonchev–Trinajstić information content (AvgIpc) is 2.47. The lowest BCUT2D eigenvalue weighted by Gasteiger charge is -2.31. The van der Waals surface area contributed by atoms with Gasteiger partial charge < -0.3 is 10.5 Å². The lowest BCUT2D eigenvalue weighted by molar-refractivity contribution is 0.282. The van der Waals surface area contributed by atoms with Gasteiger partial charge in [0.05, 0.1) is 17.7 Å². The minimum Gasteiger partial charge on any atom is -0.495 e. The van der Waals surface area contributed by atoms with Crippen molar-refractivity contribution in [3.63, 3.8) is 0 Å². The topological polar surface area (TPSA) is 81.4 Å². The van der Waals surface area contributed by atoms with Crippen LogP contribution >= 0.6 is 0 Å². The molecule has 3 N–H and O–H groups in total. The van der Waals surface area contributed by atoms with Gasteiger partial charge in [-0.2, -0.15) is 0 Å². The molecule has 0 heterocycles. The predicted molar refractivity (Wildman–Crippen MR) is 83.8 cm³/mol. The fourth-order valence-electron chi connectivity index (χ4n) is 2.98. The van der Waals surface area contributed by atoms with Crippen LogP contribution in [-0.4, -0.2) is 21.6 Å². The number of hydrogen-bond acceptors (Lipinski definition) is 4. The zero-order valence-corrected chi connectivity index (χ0v) is 13.4. The summed E-state index contributed by atoms with van der Waals surface area (Å²) in [7, 11) is -2.06. The summed E-state index contributed by atoms with van der Waals surface area (Å²) in [5.74, 6) is 0.803. The highest BCUT2D eigenvalue weighted by atomic mass is 32.2. The minimum atomic E-state index is -3.54. The zero-order valence-electron chi connectivity index (χ0n) is 12.6. The zero-order chi connectivity index (χ0) is 15.5. The van der Waals surface area contributed by atoms with Crippen molar-refractivity contribution in [2.75, 3.05) is 12.8 Å². The molecule has 1 saturated carbocycles. The third kappa shape index (κ3) is 3.68. The van der Waals surface area contributed by atoms with Crippen LogP contribution in [0, 0.1) is 5.92 Å². The number of nitrogens with one attached hydrogen (secondary N) is 1. The molecule has 2 unspecified atom stereocenters. The molecule has 1 aliphatic rings. The Morgan fingerprint density at radius 1 is 1.33 bits per heavy atom. The second kappa shape index (κ2) is 6.66. The highest BCUT2D eigenvalue weighted by Crippen LogP contribution is 2.29. The number of ether oxygens (including phenoxy) is 1. The van der Waals surface area contributed by atoms with E-state index in [1.165, 1.54) is 25.7 Å². The van der Waals surface area contributed by atoms with Crippen LogP contribution in [-0.2, 0) is 10.0 Å². The highest BCUT2D eigenvalue weighted by molar-refractivity contribution is 7.89. The number of hydrogen-bond donors (Lipinski definition) is 2. The molecule has 1 aromatic rings. The molecule has 0 aliphatic heterocycles. The van der Waals surface area contributed by atoms with Gasteiger partial charge in [0.15, 0.2) is 0 Å². The second-order valence-corrected chi connectivity index (χ2v) is 7.30. The van der Waals surface area contributed by atoms with E-state index in [9.17, 15) is 8.42 Å². The summed E-state index contributed by atoms with van der Waals surface area (Å²) in [6.07, 6.45) is 5.26. The highest BCUT2D eigenvalue weighted by Gasteiger charge is 2.28. The van der Waals surface area contributed by atoms with E-state index in [-0.39, 0.29) is 10.9 Å². The smallest absolute Gasteiger partial charge is 0.240 e. The molecule has 2 rings (SSSR count). The monoisotopic (exact) mass is 312 g/mol. The van der Waals surface area contributed by atoms with Gasteiger partial charge in [-0.15, -0.1) is 0 Å². The number of nitrogen functional groups attached to an aromatic ring is 1. The first-order valence-corrected chi connectivity index (χ1v) is 8.92. The molecule has 5 nitrogen and oxygen atoms in total. The number of sulfonamides is 1. The molecule has 118 valence electrons. The fraction of sp³-hybridized carbons (Fsp3) is 0.600. The summed E-state index contributed by atoms with van der Waals surface area (Å²) < 4.78 is 33.0. The molecule has 6 heteroatoms. The van der Waals surface area contributed by atoms with E-state index in [1.807, 2.05) is 0 Å². The molecule has 1 aliphatic carbocycles. The van der Waals surface area contributed by atoms with Crippen molar-refractivity contribution < 1.29 is 13.2 Å². The first-order valence-electron chi connectivity index (χ1n) is 7.43. The quantitative estimate of drug-likeness (QED) is 0.819. The Labute approximate surface area is 126 Å². The Morgan fingerprint density at radius 2 is 2.05 bits per heavy atom. The van der Waals surface area contributed by atoms with E-state index in [0.717, 1.165) is 25.7 Å². The van der Waals surface area contributed by atoms with Gasteiger partial charge in [0.25, 0.3) is 0 Å². The molecule has 0 radical (unpaired) electrons. The summed E-state index contributed by atoms with van der Waals surface area (Å²) in [6, 6.07) is 4.58. The van der Waals surface area contributed by atoms with Crippen molar-refractivity contribution in [3.8, 4) is 5.75 Å². The molecule has 0 amide bonds. The van der Waals surface area contributed by atoms with Crippen LogP contribution in [0.3, 0.4) is 0 Å². The van der Waals surface area contributed by atoms with E-state index >= 15 is 0 Å². The Hall–Kier alpha value is -1.27. The van der Waals surface area contributed by atoms with Crippen LogP contribution in [0.2, 0.25) is 0 Å². The Bertz CT molecular complexity index is 587. The van der Waals surface area contributed by atoms with Gasteiger partial charge in [0, 0.05) is 12.1 Å². The van der Waals surface area contributed by atoms with Gasteiger partial charge in [-0.1, -0.05) is 26.2 Å². The van der Waals surface area contributed by atoms with Crippen LogP contribution in [0.15, 0.2) is 23.1 Å². The first-order chi connectivity index (χ1) is 9.97. The fourth-order valence-corrected chi connectivity index (χ4v) is 4.33. The van der Waals surface area contributed by atoms with Crippen molar-refractivity contribution in [2.45, 2.75) is 50.0 Å². The van der Waals surface area contributed by atoms with Crippen LogP contribution in [0.4, 0.5) is 5.69 Å². The summed E-state index contributed by atoms with van der Waals surface area (Å²) in [4.78, 5) is 0.203. The third-order valence-electron chi connectivity index (χ3n) is 4.26. The summed E-state index contributed by atoms with van der Waals surface area (Å²) in [5.41, 5.74) is 6.16. The largest absolute Gasteiger partial charge is 0.495 e. The van der Waals surface area contributed by atoms with E-state index < -0.39 is 10.0 Å². The van der Waals surface area contributed by atoms with Gasteiger partial charge in [-0.25, -0.2) is 13.1 Å². The molecule has 1 fully saturated rings. The van der Waals surface area contributed by atoms with Crippen LogP contribution in [0.25, 0.3) is 0 Å². The summed E-state index contributed by atoms with van der Waals surface area (Å²) in [5, 5.41) is 0. The van der Waals surface area contributed by atoms with E-state index in [1.54, 1.807) is 6.07 Å². The maximum Gasteiger partial charge on any atom is 0.240 e. The number of methoxy groups -OCH3 is 1. The Morgan fingerprint density at radius 3 is 2.71 bits per heavy atom. The van der Waals surface area contributed by atoms with Crippen molar-refractivity contribution in [1.82, 2.24) is 4.72 Å². The summed E-state index contributed by atoms with van der Waals surface area (Å²) >= 11 is 0. The molecular formula is C15H24N2O3S. The van der Waals surface area contributed by atoms with Crippen LogP contribution < -0.4 is 15.2 Å². The lowest BCUT2D eigenvalue weighted by Crippen LogP contribution is -2.41. The van der Waals surface area contributed by atoms with Crippen molar-refractivity contribution in [1.29, 1.82) is 0 Å². The molecule has 0 saturated heterocycles. The molecule has 21 heavy (non-hydrogen) atoms. The first kappa shape index (κ1) is 16.1. The Kier molecular flexibility index (Phi) is 5.11. The predicted octanol–water partition coefficient (Wildman–Crippen LogP) is 2.52. The number of rotatable bonds is 5. The van der Waals surface area contributed by atoms with Gasteiger partial charge in [0.2, 0.25) is 10.0 Å². The molecular weight excluding hydrogens is 288 g/mol. The van der Waals surface area contributed by atoms with E-state index in [4.69, 9.17) is 10.5 Å². The lowest BCUT2D eigenvalue weighted by atomic mass is 9.83. The molecule has 0 aromatic heterocycles. The molecule has 0 spiro atoms. The minimum absolute atomic E-state index is 0.0253. The normalized spacial score (nSPS) is 23.0. The average molecular weight is 312 g/mol. The maximum absolute atomic E-state index is 12.5. The van der Waals surface area contributed by atoms with Gasteiger partial charge >= 0.3 is 0 Å². The molecule has 0 bridgehead atoms. The molecule has 1 aromatic carbocycles. The van der Waals surface area contributed by atoms with E-state index in [0.29, 0.717) is 17.4 Å².